The molecule has 1 aliphatic rings. The second-order valence-corrected chi connectivity index (χ2v) is 6.35. The molecule has 1 heterocycles. The molecule has 5 nitrogen and oxygen atoms in total. The monoisotopic (exact) mass is 355 g/mol. The van der Waals surface area contributed by atoms with Crippen LogP contribution in [0, 0.1) is 0 Å². The second kappa shape index (κ2) is 11.2. The fourth-order valence-electron chi connectivity index (χ4n) is 2.77. The Hall–Kier alpha value is -2.43. The largest absolute Gasteiger partial charge is 0.478 e. The standard InChI is InChI=1S/C21H29N3O2/c1-3-5-6-7-8-12-15-26-21-16-18(23-20(25)4-2)17-22-24(21)19-13-10-9-11-14-19/h4,10-11,13-14,16-17,19H,2-3,5-9,12,15H2,1H3. The van der Waals surface area contributed by atoms with Crippen molar-refractivity contribution in [1.29, 1.82) is 0 Å². The van der Waals surface area contributed by atoms with Gasteiger partial charge < -0.3 is 4.74 Å². The molecule has 1 aromatic heterocycles. The number of rotatable bonds is 10. The molecule has 0 bridgehead atoms. The zero-order chi connectivity index (χ0) is 18.6. The molecule has 1 aromatic rings. The van der Waals surface area contributed by atoms with Gasteiger partial charge in [-0.15, -0.1) is 0 Å². The normalized spacial score (nSPS) is 14.6. The molecule has 0 atom stereocenters. The highest BCUT2D eigenvalue weighted by atomic mass is 16.5. The summed E-state index contributed by atoms with van der Waals surface area (Å²) in [5, 5.41) is 4.92. The number of aromatic nitrogens is 2. The van der Waals surface area contributed by atoms with E-state index >= 15 is 0 Å². The van der Waals surface area contributed by atoms with E-state index in [4.69, 9.17) is 4.74 Å². The predicted molar refractivity (Wildman–Crippen MR) is 104 cm³/mol. The number of carbonyl (C=O) groups excluding carboxylic acids is 1. The van der Waals surface area contributed by atoms with Crippen molar-refractivity contribution in [2.75, 3.05) is 6.61 Å². The van der Waals surface area contributed by atoms with Crippen LogP contribution in [-0.2, 0) is 4.79 Å². The minimum Gasteiger partial charge on any atom is -0.478 e. The van der Waals surface area contributed by atoms with Gasteiger partial charge in [-0.25, -0.2) is 9.67 Å². The second-order valence-electron chi connectivity index (χ2n) is 6.35. The zero-order valence-electron chi connectivity index (χ0n) is 15.6. The van der Waals surface area contributed by atoms with Gasteiger partial charge in [-0.1, -0.05) is 69.9 Å². The lowest BCUT2D eigenvalue weighted by atomic mass is 10.1. The van der Waals surface area contributed by atoms with E-state index in [2.05, 4.69) is 47.9 Å². The van der Waals surface area contributed by atoms with Crippen LogP contribution in [0.2, 0.25) is 0 Å². The Morgan fingerprint density at radius 2 is 2.04 bits per heavy atom. The molecule has 140 valence electrons. The summed E-state index contributed by atoms with van der Waals surface area (Å²) in [6.45, 7) is 6.30. The number of unbranched alkanes of at least 4 members (excludes halogenated alkanes) is 5. The van der Waals surface area contributed by atoms with Gasteiger partial charge in [0.25, 0.3) is 5.91 Å². The summed E-state index contributed by atoms with van der Waals surface area (Å²) in [7, 11) is 0. The maximum Gasteiger partial charge on any atom is 0.269 e. The fraction of sp³-hybridized carbons (Fsp3) is 0.476. The quantitative estimate of drug-likeness (QED) is 0.357. The molecule has 0 radical (unpaired) electrons. The van der Waals surface area contributed by atoms with Crippen LogP contribution in [0.3, 0.4) is 0 Å². The summed E-state index contributed by atoms with van der Waals surface area (Å²) in [4.78, 5) is 15.4. The number of nitrogens with zero attached hydrogens (tertiary/aromatic N) is 3. The van der Waals surface area contributed by atoms with Crippen LogP contribution in [0.4, 0.5) is 0 Å². The lowest BCUT2D eigenvalue weighted by Gasteiger charge is -2.19. The predicted octanol–water partition coefficient (Wildman–Crippen LogP) is 4.29. The zero-order valence-corrected chi connectivity index (χ0v) is 15.6. The van der Waals surface area contributed by atoms with Crippen molar-refractivity contribution in [2.24, 2.45) is 4.99 Å². The van der Waals surface area contributed by atoms with Crippen LogP contribution in [0.1, 0.15) is 57.9 Å². The minimum atomic E-state index is -0.385. The smallest absolute Gasteiger partial charge is 0.269 e. The fourth-order valence-corrected chi connectivity index (χ4v) is 2.77. The summed E-state index contributed by atoms with van der Waals surface area (Å²) in [5.74, 6) is 0.238. The highest BCUT2D eigenvalue weighted by Gasteiger charge is 2.12. The molecule has 26 heavy (non-hydrogen) atoms. The van der Waals surface area contributed by atoms with Crippen LogP contribution in [-0.4, -0.2) is 22.3 Å². The Balaban J connectivity index is 2.07. The molecule has 0 saturated carbocycles. The third-order valence-corrected chi connectivity index (χ3v) is 4.19. The van der Waals surface area contributed by atoms with Gasteiger partial charge in [0.15, 0.2) is 0 Å². The number of allylic oxidation sites excluding steroid dienone is 4. The molecule has 0 N–H and O–H groups in total. The average Bonchev–Trinajstić information content (AvgIpc) is 2.68. The van der Waals surface area contributed by atoms with Gasteiger partial charge in [0.1, 0.15) is 0 Å². The van der Waals surface area contributed by atoms with E-state index in [1.54, 1.807) is 12.3 Å². The molecular weight excluding hydrogens is 326 g/mol. The van der Waals surface area contributed by atoms with E-state index in [1.807, 2.05) is 4.68 Å². The van der Waals surface area contributed by atoms with Crippen LogP contribution >= 0.6 is 0 Å². The first-order chi connectivity index (χ1) is 12.7. The lowest BCUT2D eigenvalue weighted by Crippen LogP contribution is -2.19. The molecule has 0 unspecified atom stereocenters. The summed E-state index contributed by atoms with van der Waals surface area (Å²) in [6, 6.07) is 1.79. The first kappa shape index (κ1) is 19.9. The molecule has 1 amide bonds. The van der Waals surface area contributed by atoms with Crippen molar-refractivity contribution < 1.29 is 9.53 Å². The Bertz CT molecular complexity index is 704. The maximum atomic E-state index is 11.5. The number of hydrogen-bond acceptors (Lipinski definition) is 3. The van der Waals surface area contributed by atoms with E-state index in [-0.39, 0.29) is 11.9 Å². The van der Waals surface area contributed by atoms with Gasteiger partial charge in [0.2, 0.25) is 5.88 Å². The molecule has 1 aliphatic carbocycles. The first-order valence-electron chi connectivity index (χ1n) is 9.50. The van der Waals surface area contributed by atoms with Crippen molar-refractivity contribution in [2.45, 2.75) is 57.9 Å². The highest BCUT2D eigenvalue weighted by Crippen LogP contribution is 2.20. The van der Waals surface area contributed by atoms with E-state index < -0.39 is 0 Å². The third-order valence-electron chi connectivity index (χ3n) is 4.19. The van der Waals surface area contributed by atoms with Crippen LogP contribution < -0.4 is 10.1 Å². The number of hydrogen-bond donors (Lipinski definition) is 0. The molecule has 0 aromatic carbocycles. The average molecular weight is 355 g/mol. The Morgan fingerprint density at radius 3 is 2.77 bits per heavy atom. The van der Waals surface area contributed by atoms with Gasteiger partial charge in [-0.05, 0) is 18.9 Å². The molecule has 0 spiro atoms. The maximum absolute atomic E-state index is 11.5. The van der Waals surface area contributed by atoms with Crippen molar-refractivity contribution in [3.05, 3.63) is 54.6 Å². The summed E-state index contributed by atoms with van der Waals surface area (Å²) < 4.78 is 7.81. The van der Waals surface area contributed by atoms with Gasteiger partial charge in [0.05, 0.1) is 24.2 Å². The SMILES string of the molecule is C=CC(=O)N=c1cnn(C2C=CCC=C2)c(OCCCCCCCC)c1. The Morgan fingerprint density at radius 1 is 1.31 bits per heavy atom. The molecule has 2 rings (SSSR count). The van der Waals surface area contributed by atoms with Crippen molar-refractivity contribution in [3.63, 3.8) is 0 Å². The highest BCUT2D eigenvalue weighted by molar-refractivity contribution is 5.87. The molecular formula is C21H29N3O2. The number of amides is 1. The molecule has 0 fully saturated rings. The lowest BCUT2D eigenvalue weighted by molar-refractivity contribution is -0.113. The van der Waals surface area contributed by atoms with Crippen LogP contribution in [0.5, 0.6) is 5.88 Å². The Labute approximate surface area is 155 Å². The van der Waals surface area contributed by atoms with Crippen LogP contribution in [0.15, 0.2) is 54.2 Å². The molecule has 0 aliphatic heterocycles. The van der Waals surface area contributed by atoms with Gasteiger partial charge in [-0.3, -0.25) is 4.79 Å². The van der Waals surface area contributed by atoms with Crippen molar-refractivity contribution >= 4 is 5.91 Å². The van der Waals surface area contributed by atoms with Crippen molar-refractivity contribution in [3.8, 4) is 5.88 Å². The van der Waals surface area contributed by atoms with E-state index in [9.17, 15) is 4.79 Å². The summed E-state index contributed by atoms with van der Waals surface area (Å²) in [5.41, 5.74) is 0. The Kier molecular flexibility index (Phi) is 8.60. The van der Waals surface area contributed by atoms with E-state index in [1.165, 1.54) is 31.8 Å². The van der Waals surface area contributed by atoms with Gasteiger partial charge in [0, 0.05) is 6.07 Å². The number of carbonyl (C=O) groups is 1. The topological polar surface area (TPSA) is 56.5 Å². The van der Waals surface area contributed by atoms with Crippen LogP contribution in [0.25, 0.3) is 0 Å². The van der Waals surface area contributed by atoms with E-state index in [0.29, 0.717) is 17.8 Å². The van der Waals surface area contributed by atoms with E-state index in [0.717, 1.165) is 19.3 Å². The molecule has 5 heteroatoms. The number of ether oxygens (including phenoxy) is 1. The third kappa shape index (κ3) is 6.47. The minimum absolute atomic E-state index is 0.0208. The molecule has 0 saturated heterocycles. The summed E-state index contributed by atoms with van der Waals surface area (Å²) >= 11 is 0. The first-order valence-corrected chi connectivity index (χ1v) is 9.50. The van der Waals surface area contributed by atoms with Gasteiger partial charge in [-0.2, -0.15) is 5.10 Å². The summed E-state index contributed by atoms with van der Waals surface area (Å²) in [6.07, 6.45) is 19.4. The van der Waals surface area contributed by atoms with Crippen molar-refractivity contribution in [1.82, 2.24) is 9.78 Å². The van der Waals surface area contributed by atoms with Gasteiger partial charge >= 0.3 is 0 Å².